The van der Waals surface area contributed by atoms with E-state index in [1.807, 2.05) is 0 Å². The molecule has 2 rings (SSSR count). The quantitative estimate of drug-likeness (QED) is 0.158. The summed E-state index contributed by atoms with van der Waals surface area (Å²) in [6.07, 6.45) is 1.31. The van der Waals surface area contributed by atoms with Crippen molar-refractivity contribution in [1.29, 1.82) is 0 Å². The number of hydrogen-bond acceptors (Lipinski definition) is 13. The lowest BCUT2D eigenvalue weighted by Crippen LogP contribution is -2.15. The van der Waals surface area contributed by atoms with Gasteiger partial charge in [-0.2, -0.15) is 9.97 Å². The van der Waals surface area contributed by atoms with E-state index in [0.29, 0.717) is 40.7 Å². The monoisotopic (exact) mass is 575 g/mol. The summed E-state index contributed by atoms with van der Waals surface area (Å²) in [7, 11) is -3.02. The summed E-state index contributed by atoms with van der Waals surface area (Å²) in [6.45, 7) is 0.800. The second-order valence-electron chi connectivity index (χ2n) is 6.66. The first kappa shape index (κ1) is 29.5. The standard InChI is InChI=1S/C17H30N5O7PS4/c1-26-16-14-15(20-17(18)21-16)22(12-19-14)2-5-27-13-30(25,28-6-10-33(31)8-3-23)29-7-11-34(32)9-4-24/h12,23-24H,2-11,13H2,1H3,(H2,18,20,21). The van der Waals surface area contributed by atoms with Crippen LogP contribution in [-0.2, 0) is 66.2 Å². The molecule has 0 aliphatic rings. The molecule has 0 amide bonds. The lowest BCUT2D eigenvalue weighted by molar-refractivity contribution is 0.128. The van der Waals surface area contributed by atoms with Gasteiger partial charge in [0.1, 0.15) is 6.35 Å². The molecule has 0 aromatic carbocycles. The van der Waals surface area contributed by atoms with Crippen LogP contribution in [0.3, 0.4) is 0 Å². The molecule has 2 aromatic heterocycles. The van der Waals surface area contributed by atoms with E-state index in [4.69, 9.17) is 56.8 Å². The molecular weight excluding hydrogens is 545 g/mol. The van der Waals surface area contributed by atoms with Gasteiger partial charge in [-0.1, -0.05) is 22.4 Å². The second-order valence-corrected chi connectivity index (χ2v) is 14.9. The number of nitrogens with zero attached hydrogens (tertiary/aromatic N) is 4. The fourth-order valence-electron chi connectivity index (χ4n) is 2.64. The highest BCUT2D eigenvalue weighted by Crippen LogP contribution is 2.48. The first-order valence-corrected chi connectivity index (χ1v) is 16.9. The van der Waals surface area contributed by atoms with Gasteiger partial charge >= 0.3 is 7.60 Å². The van der Waals surface area contributed by atoms with Crippen LogP contribution in [0.2, 0.25) is 0 Å². The minimum absolute atomic E-state index is 0.00125. The Bertz CT molecular complexity index is 984. The summed E-state index contributed by atoms with van der Waals surface area (Å²) < 4.78 is 36.8. The fourth-order valence-corrected chi connectivity index (χ4v) is 6.41. The maximum atomic E-state index is 13.2. The third-order valence-corrected chi connectivity index (χ3v) is 10.4. The van der Waals surface area contributed by atoms with Gasteiger partial charge < -0.3 is 39.0 Å². The molecule has 0 aliphatic heterocycles. The van der Waals surface area contributed by atoms with Crippen molar-refractivity contribution < 1.29 is 33.3 Å². The van der Waals surface area contributed by atoms with Crippen LogP contribution in [-0.4, -0.2) is 99.2 Å². The van der Waals surface area contributed by atoms with Gasteiger partial charge in [-0.15, -0.1) is 18.9 Å². The molecule has 2 heterocycles. The largest absolute Gasteiger partial charge is 0.479 e. The predicted octanol–water partition coefficient (Wildman–Crippen LogP) is -0.237. The molecule has 12 nitrogen and oxygen atoms in total. The number of aliphatic hydroxyl groups excluding tert-OH is 2. The van der Waals surface area contributed by atoms with Crippen molar-refractivity contribution in [2.24, 2.45) is 0 Å². The summed E-state index contributed by atoms with van der Waals surface area (Å²) in [4.78, 5) is 12.4. The SMILES string of the molecule is COc1nc(N)nc2c1ncn2CCOCP(=O)(OCCS(=S)CCO)OCCS(=S)CCO. The van der Waals surface area contributed by atoms with E-state index in [1.54, 1.807) is 10.9 Å². The summed E-state index contributed by atoms with van der Waals surface area (Å²) in [5.74, 6) is 2.25. The smallest absolute Gasteiger partial charge is 0.356 e. The van der Waals surface area contributed by atoms with Crippen LogP contribution in [0.1, 0.15) is 0 Å². The highest BCUT2D eigenvalue weighted by Gasteiger charge is 2.25. The minimum atomic E-state index is -3.57. The molecule has 0 spiro atoms. The van der Waals surface area contributed by atoms with Crippen LogP contribution in [0.4, 0.5) is 5.95 Å². The maximum Gasteiger partial charge on any atom is 0.356 e. The van der Waals surface area contributed by atoms with E-state index in [0.717, 1.165) is 0 Å². The number of rotatable bonds is 18. The summed E-state index contributed by atoms with van der Waals surface area (Å²) in [5, 5.41) is 18.0. The van der Waals surface area contributed by atoms with Gasteiger partial charge in [0, 0.05) is 29.6 Å². The molecule has 2 atom stereocenters. The first-order chi connectivity index (χ1) is 16.3. The highest BCUT2D eigenvalue weighted by atomic mass is 32.8. The molecule has 0 aliphatic carbocycles. The summed E-state index contributed by atoms with van der Waals surface area (Å²) >= 11 is 10.5. The molecule has 0 fully saturated rings. The van der Waals surface area contributed by atoms with Crippen molar-refractivity contribution in [1.82, 2.24) is 19.5 Å². The van der Waals surface area contributed by atoms with Crippen molar-refractivity contribution in [2.75, 3.05) is 75.2 Å². The topological polar surface area (TPSA) is 164 Å². The van der Waals surface area contributed by atoms with Crippen LogP contribution in [0.15, 0.2) is 6.33 Å². The molecular formula is C17H30N5O7PS4. The van der Waals surface area contributed by atoms with Gasteiger partial charge in [0.05, 0.1) is 46.5 Å². The van der Waals surface area contributed by atoms with Crippen molar-refractivity contribution >= 4 is 66.0 Å². The fraction of sp³-hybridized carbons (Fsp3) is 0.706. The van der Waals surface area contributed by atoms with E-state index in [2.05, 4.69) is 15.0 Å². The van der Waals surface area contributed by atoms with Gasteiger partial charge in [-0.05, 0) is 0 Å². The Hall–Kier alpha value is -0.680. The average Bonchev–Trinajstić information content (AvgIpc) is 3.19. The summed E-state index contributed by atoms with van der Waals surface area (Å²) in [5.41, 5.74) is 6.69. The second kappa shape index (κ2) is 15.4. The molecule has 0 saturated carbocycles. The lowest BCUT2D eigenvalue weighted by Gasteiger charge is -2.19. The Morgan fingerprint density at radius 1 is 1.06 bits per heavy atom. The number of fused-ring (bicyclic) bond motifs is 1. The lowest BCUT2D eigenvalue weighted by atomic mass is 10.5. The van der Waals surface area contributed by atoms with E-state index in [9.17, 15) is 4.57 Å². The normalized spacial score (nSPS) is 15.3. The number of anilines is 1. The average molecular weight is 576 g/mol. The number of ether oxygens (including phenoxy) is 2. The maximum absolute atomic E-state index is 13.2. The van der Waals surface area contributed by atoms with Crippen molar-refractivity contribution in [3.63, 3.8) is 0 Å². The Morgan fingerprint density at radius 3 is 2.24 bits per heavy atom. The van der Waals surface area contributed by atoms with Gasteiger partial charge in [0.2, 0.25) is 11.8 Å². The zero-order valence-electron chi connectivity index (χ0n) is 18.7. The molecule has 17 heteroatoms. The van der Waals surface area contributed by atoms with Crippen LogP contribution < -0.4 is 10.5 Å². The van der Waals surface area contributed by atoms with E-state index in [-0.39, 0.29) is 51.2 Å². The van der Waals surface area contributed by atoms with Gasteiger partial charge in [0.25, 0.3) is 0 Å². The molecule has 2 unspecified atom stereocenters. The Kier molecular flexibility index (Phi) is 13.4. The van der Waals surface area contributed by atoms with Gasteiger partial charge in [-0.25, -0.2) is 4.98 Å². The van der Waals surface area contributed by atoms with Gasteiger partial charge in [0.15, 0.2) is 11.2 Å². The molecule has 34 heavy (non-hydrogen) atoms. The first-order valence-electron chi connectivity index (χ1n) is 10.2. The molecule has 0 radical (unpaired) electrons. The number of aromatic nitrogens is 4. The number of methoxy groups -OCH3 is 1. The summed E-state index contributed by atoms with van der Waals surface area (Å²) in [6, 6.07) is 0. The Balaban J connectivity index is 1.93. The van der Waals surface area contributed by atoms with Crippen LogP contribution in [0, 0.1) is 0 Å². The zero-order valence-corrected chi connectivity index (χ0v) is 22.9. The van der Waals surface area contributed by atoms with Crippen LogP contribution in [0.25, 0.3) is 11.2 Å². The Morgan fingerprint density at radius 2 is 1.68 bits per heavy atom. The van der Waals surface area contributed by atoms with E-state index < -0.39 is 26.5 Å². The third-order valence-electron chi connectivity index (χ3n) is 4.20. The van der Waals surface area contributed by atoms with Crippen molar-refractivity contribution in [3.05, 3.63) is 6.33 Å². The number of hydrogen-bond donors (Lipinski definition) is 3. The van der Waals surface area contributed by atoms with Crippen LogP contribution >= 0.6 is 7.60 Å². The predicted molar refractivity (Wildman–Crippen MR) is 140 cm³/mol. The Labute approximate surface area is 212 Å². The number of nitrogen functional groups attached to an aromatic ring is 1. The third kappa shape index (κ3) is 9.76. The number of nitrogens with two attached hydrogens (primary N) is 1. The molecule has 4 N–H and O–H groups in total. The molecule has 0 bridgehead atoms. The van der Waals surface area contributed by atoms with Gasteiger partial charge in [-0.3, -0.25) is 4.57 Å². The van der Waals surface area contributed by atoms with Crippen molar-refractivity contribution in [3.8, 4) is 5.88 Å². The van der Waals surface area contributed by atoms with Crippen molar-refractivity contribution in [2.45, 2.75) is 6.54 Å². The van der Waals surface area contributed by atoms with E-state index in [1.165, 1.54) is 7.11 Å². The zero-order chi connectivity index (χ0) is 25.0. The minimum Gasteiger partial charge on any atom is -0.479 e. The highest BCUT2D eigenvalue weighted by molar-refractivity contribution is 8.29. The molecule has 0 saturated heterocycles. The molecule has 2 aromatic rings. The molecule has 194 valence electrons. The van der Waals surface area contributed by atoms with E-state index >= 15 is 0 Å². The number of aliphatic hydroxyl groups is 2. The van der Waals surface area contributed by atoms with Crippen LogP contribution in [0.5, 0.6) is 5.88 Å². The number of imidazole rings is 1.